The monoisotopic (exact) mass is 266 g/mol. The van der Waals surface area contributed by atoms with Gasteiger partial charge in [0.1, 0.15) is 6.04 Å². The van der Waals surface area contributed by atoms with Crippen LogP contribution in [0.25, 0.3) is 0 Å². The highest BCUT2D eigenvalue weighted by Crippen LogP contribution is 2.12. The zero-order valence-electron chi connectivity index (χ0n) is 11.1. The Morgan fingerprint density at radius 1 is 1.32 bits per heavy atom. The van der Waals surface area contributed by atoms with E-state index in [0.29, 0.717) is 13.1 Å². The molecule has 1 saturated heterocycles. The summed E-state index contributed by atoms with van der Waals surface area (Å²) in [7, 11) is 2.03. The Hall–Kier alpha value is -1.89. The van der Waals surface area contributed by atoms with E-state index in [1.807, 2.05) is 7.05 Å². The van der Waals surface area contributed by atoms with E-state index in [4.69, 9.17) is 5.11 Å². The number of hydrogen-bond donors (Lipinski definition) is 1. The molecule has 0 aliphatic carbocycles. The lowest BCUT2D eigenvalue weighted by molar-refractivity contribution is -0.136. The lowest BCUT2D eigenvalue weighted by Gasteiger charge is -2.33. The summed E-state index contributed by atoms with van der Waals surface area (Å²) >= 11 is 0. The summed E-state index contributed by atoms with van der Waals surface area (Å²) in [5.74, 6) is -1.06. The van der Waals surface area contributed by atoms with E-state index in [1.165, 1.54) is 17.1 Å². The van der Waals surface area contributed by atoms with Crippen LogP contribution in [0.2, 0.25) is 0 Å². The van der Waals surface area contributed by atoms with Crippen molar-refractivity contribution in [2.75, 3.05) is 33.2 Å². The molecule has 104 valence electrons. The molecule has 2 heterocycles. The van der Waals surface area contributed by atoms with Crippen molar-refractivity contribution in [3.8, 4) is 0 Å². The van der Waals surface area contributed by atoms with Crippen LogP contribution in [0.3, 0.4) is 0 Å². The fourth-order valence-electron chi connectivity index (χ4n) is 2.06. The second-order valence-electron chi connectivity index (χ2n) is 4.82. The van der Waals surface area contributed by atoms with E-state index >= 15 is 0 Å². The van der Waals surface area contributed by atoms with E-state index in [-0.39, 0.29) is 11.5 Å². The summed E-state index contributed by atoms with van der Waals surface area (Å²) in [5, 5.41) is 12.8. The highest BCUT2D eigenvalue weighted by atomic mass is 16.4. The number of rotatable bonds is 3. The predicted molar refractivity (Wildman–Crippen MR) is 68.0 cm³/mol. The average Bonchev–Trinajstić information content (AvgIpc) is 2.87. The van der Waals surface area contributed by atoms with Crippen molar-refractivity contribution >= 4 is 11.9 Å². The lowest BCUT2D eigenvalue weighted by Crippen LogP contribution is -2.49. The second-order valence-corrected chi connectivity index (χ2v) is 4.82. The zero-order chi connectivity index (χ0) is 14.0. The van der Waals surface area contributed by atoms with Gasteiger partial charge in [-0.05, 0) is 14.0 Å². The molecule has 1 aliphatic heterocycles. The van der Waals surface area contributed by atoms with Crippen LogP contribution < -0.4 is 0 Å². The van der Waals surface area contributed by atoms with Crippen molar-refractivity contribution in [2.45, 2.75) is 13.0 Å². The molecule has 2 rings (SSSR count). The van der Waals surface area contributed by atoms with Crippen LogP contribution in [0.1, 0.15) is 23.3 Å². The molecule has 0 spiro atoms. The minimum atomic E-state index is -1.04. The van der Waals surface area contributed by atoms with Gasteiger partial charge in [-0.1, -0.05) is 0 Å². The van der Waals surface area contributed by atoms with Gasteiger partial charge in [0.15, 0.2) is 0 Å². The Morgan fingerprint density at radius 2 is 1.95 bits per heavy atom. The molecular formula is C12H18N4O3. The summed E-state index contributed by atoms with van der Waals surface area (Å²) in [5.41, 5.74) is 0.0954. The number of aromatic carboxylic acids is 1. The molecule has 0 aromatic carbocycles. The third kappa shape index (κ3) is 2.93. The van der Waals surface area contributed by atoms with Crippen molar-refractivity contribution in [3.05, 3.63) is 18.0 Å². The Kier molecular flexibility index (Phi) is 3.84. The summed E-state index contributed by atoms with van der Waals surface area (Å²) in [4.78, 5) is 27.0. The molecule has 1 aliphatic rings. The highest BCUT2D eigenvalue weighted by Gasteiger charge is 2.25. The van der Waals surface area contributed by atoms with Crippen molar-refractivity contribution in [1.82, 2.24) is 19.6 Å². The number of carbonyl (C=O) groups is 2. The van der Waals surface area contributed by atoms with Crippen molar-refractivity contribution < 1.29 is 14.7 Å². The molecule has 1 fully saturated rings. The summed E-state index contributed by atoms with van der Waals surface area (Å²) in [6.07, 6.45) is 2.65. The first-order valence-corrected chi connectivity index (χ1v) is 6.24. The maximum absolute atomic E-state index is 12.3. The predicted octanol–water partition coefficient (Wildman–Crippen LogP) is -0.0837. The van der Waals surface area contributed by atoms with Crippen molar-refractivity contribution in [1.29, 1.82) is 0 Å². The normalized spacial score (nSPS) is 18.3. The molecule has 7 heteroatoms. The summed E-state index contributed by atoms with van der Waals surface area (Å²) < 4.78 is 1.41. The molecule has 1 aromatic rings. The number of carbonyl (C=O) groups excluding carboxylic acids is 1. The quantitative estimate of drug-likeness (QED) is 0.827. The van der Waals surface area contributed by atoms with E-state index in [9.17, 15) is 9.59 Å². The Labute approximate surface area is 111 Å². The van der Waals surface area contributed by atoms with Crippen LogP contribution in [-0.4, -0.2) is 69.8 Å². The molecule has 0 saturated carbocycles. The number of carboxylic acids is 1. The number of amides is 1. The van der Waals surface area contributed by atoms with Gasteiger partial charge in [-0.3, -0.25) is 9.48 Å². The fraction of sp³-hybridized carbons (Fsp3) is 0.583. The highest BCUT2D eigenvalue weighted by molar-refractivity contribution is 5.87. The van der Waals surface area contributed by atoms with E-state index < -0.39 is 12.0 Å². The topological polar surface area (TPSA) is 78.7 Å². The van der Waals surface area contributed by atoms with Gasteiger partial charge in [0.25, 0.3) is 0 Å². The molecule has 1 aromatic heterocycles. The Morgan fingerprint density at radius 3 is 2.47 bits per heavy atom. The molecule has 1 atom stereocenters. The number of likely N-dealkylation sites (N-methyl/N-ethyl adjacent to an activating group) is 1. The van der Waals surface area contributed by atoms with Gasteiger partial charge in [0.2, 0.25) is 5.91 Å². The van der Waals surface area contributed by atoms with E-state index in [0.717, 1.165) is 13.1 Å². The summed E-state index contributed by atoms with van der Waals surface area (Å²) in [6, 6.07) is -0.475. The molecule has 1 amide bonds. The minimum Gasteiger partial charge on any atom is -0.478 e. The maximum atomic E-state index is 12.3. The van der Waals surface area contributed by atoms with Gasteiger partial charge in [-0.15, -0.1) is 0 Å². The zero-order valence-corrected chi connectivity index (χ0v) is 11.1. The molecule has 1 N–H and O–H groups in total. The average molecular weight is 266 g/mol. The number of aromatic nitrogens is 2. The van der Waals surface area contributed by atoms with Crippen LogP contribution in [0.15, 0.2) is 12.4 Å². The first-order valence-electron chi connectivity index (χ1n) is 6.24. The second kappa shape index (κ2) is 5.40. The van der Waals surface area contributed by atoms with Crippen LogP contribution in [0.5, 0.6) is 0 Å². The third-order valence-corrected chi connectivity index (χ3v) is 3.42. The first-order chi connectivity index (χ1) is 8.99. The number of hydrogen-bond acceptors (Lipinski definition) is 4. The van der Waals surface area contributed by atoms with Crippen LogP contribution >= 0.6 is 0 Å². The number of carboxylic acid groups (broad SMARTS) is 1. The molecular weight excluding hydrogens is 248 g/mol. The third-order valence-electron chi connectivity index (χ3n) is 3.42. The van der Waals surface area contributed by atoms with Crippen LogP contribution in [0, 0.1) is 0 Å². The van der Waals surface area contributed by atoms with Gasteiger partial charge in [0.05, 0.1) is 11.8 Å². The van der Waals surface area contributed by atoms with Crippen molar-refractivity contribution in [2.24, 2.45) is 0 Å². The van der Waals surface area contributed by atoms with Gasteiger partial charge in [-0.25, -0.2) is 4.79 Å². The Balaban J connectivity index is 2.03. The van der Waals surface area contributed by atoms with Gasteiger partial charge in [0, 0.05) is 32.4 Å². The Bertz CT molecular complexity index is 477. The van der Waals surface area contributed by atoms with Gasteiger partial charge in [-0.2, -0.15) is 5.10 Å². The minimum absolute atomic E-state index is 0.0202. The van der Waals surface area contributed by atoms with Crippen LogP contribution in [-0.2, 0) is 4.79 Å². The SMILES string of the molecule is CC(C(=O)N1CCN(C)CC1)n1cc(C(=O)O)cn1. The summed E-state index contributed by atoms with van der Waals surface area (Å²) in [6.45, 7) is 4.86. The fourth-order valence-corrected chi connectivity index (χ4v) is 2.06. The standard InChI is InChI=1S/C12H18N4O3/c1-9(16-8-10(7-13-16)12(18)19)11(17)15-5-3-14(2)4-6-15/h7-9H,3-6H2,1-2H3,(H,18,19). The molecule has 1 unspecified atom stereocenters. The number of nitrogens with zero attached hydrogens (tertiary/aromatic N) is 4. The molecule has 19 heavy (non-hydrogen) atoms. The van der Waals surface area contributed by atoms with Crippen LogP contribution in [0.4, 0.5) is 0 Å². The number of piperazine rings is 1. The molecule has 7 nitrogen and oxygen atoms in total. The lowest BCUT2D eigenvalue weighted by atomic mass is 10.2. The van der Waals surface area contributed by atoms with E-state index in [2.05, 4.69) is 10.00 Å². The molecule has 0 bridgehead atoms. The van der Waals surface area contributed by atoms with Gasteiger partial charge >= 0.3 is 5.97 Å². The van der Waals surface area contributed by atoms with Crippen molar-refractivity contribution in [3.63, 3.8) is 0 Å². The maximum Gasteiger partial charge on any atom is 0.338 e. The molecule has 0 radical (unpaired) electrons. The smallest absolute Gasteiger partial charge is 0.338 e. The van der Waals surface area contributed by atoms with Gasteiger partial charge < -0.3 is 14.9 Å². The largest absolute Gasteiger partial charge is 0.478 e. The first kappa shape index (κ1) is 13.5. The van der Waals surface area contributed by atoms with E-state index in [1.54, 1.807) is 11.8 Å².